The topological polar surface area (TPSA) is 80.9 Å². The molecule has 0 atom stereocenters. The third-order valence-corrected chi connectivity index (χ3v) is 5.30. The van der Waals surface area contributed by atoms with Gasteiger partial charge in [-0.2, -0.15) is 35.1 Å². The Labute approximate surface area is 124 Å². The minimum absolute atomic E-state index is 5.17. The van der Waals surface area contributed by atoms with E-state index < -0.39 is 58.4 Å². The zero-order valence-corrected chi connectivity index (χ0v) is 10.7. The molecular formula is C10H6F10O4. The summed E-state index contributed by atoms with van der Waals surface area (Å²) < 4.78 is 140. The quantitative estimate of drug-likeness (QED) is 0.452. The maximum absolute atomic E-state index is 14.0. The second-order valence-electron chi connectivity index (χ2n) is 6.09. The van der Waals surface area contributed by atoms with Gasteiger partial charge in [-0.1, -0.05) is 0 Å². The molecule has 0 aromatic rings. The number of hydrogen-bond acceptors (Lipinski definition) is 4. The highest BCUT2D eigenvalue weighted by molar-refractivity contribution is 5.49. The van der Waals surface area contributed by atoms with Gasteiger partial charge >= 0.3 is 23.7 Å². The number of rotatable bonds is 0. The lowest BCUT2D eigenvalue weighted by Crippen LogP contribution is -3.07. The molecule has 4 fully saturated rings. The first-order chi connectivity index (χ1) is 10.3. The average Bonchev–Trinajstić information content (AvgIpc) is 2.45. The van der Waals surface area contributed by atoms with Crippen LogP contribution >= 0.6 is 0 Å². The molecule has 4 aliphatic rings. The first kappa shape index (κ1) is 17.9. The van der Waals surface area contributed by atoms with Crippen molar-refractivity contribution in [2.45, 2.75) is 58.4 Å². The smallest absolute Gasteiger partial charge is 0.322 e. The minimum atomic E-state index is -6.49. The monoisotopic (exact) mass is 380 g/mol. The largest absolute Gasteiger partial charge is 0.376 e. The van der Waals surface area contributed by atoms with Crippen molar-refractivity contribution in [3.8, 4) is 0 Å². The van der Waals surface area contributed by atoms with E-state index in [1.54, 1.807) is 0 Å². The van der Waals surface area contributed by atoms with E-state index in [0.29, 0.717) is 0 Å². The van der Waals surface area contributed by atoms with Gasteiger partial charge in [-0.25, -0.2) is 8.78 Å². The molecule has 0 saturated heterocycles. The van der Waals surface area contributed by atoms with E-state index in [2.05, 4.69) is 0 Å². The molecule has 0 spiro atoms. The van der Waals surface area contributed by atoms with Crippen molar-refractivity contribution in [1.82, 2.24) is 0 Å². The summed E-state index contributed by atoms with van der Waals surface area (Å²) >= 11 is 0. The van der Waals surface area contributed by atoms with Crippen LogP contribution in [0.15, 0.2) is 0 Å². The zero-order chi connectivity index (χ0) is 19.2. The zero-order valence-electron chi connectivity index (χ0n) is 10.7. The van der Waals surface area contributed by atoms with Crippen LogP contribution in [0.5, 0.6) is 0 Å². The molecule has 4 rings (SSSR count). The van der Waals surface area contributed by atoms with Gasteiger partial charge in [-0.15, -0.1) is 0 Å². The van der Waals surface area contributed by atoms with Gasteiger partial charge in [0.1, 0.15) is 0 Å². The number of halogens is 10. The Morgan fingerprint density at radius 3 is 0.667 bits per heavy atom. The predicted molar refractivity (Wildman–Crippen MR) is 49.4 cm³/mol. The van der Waals surface area contributed by atoms with Crippen LogP contribution in [-0.4, -0.2) is 78.9 Å². The lowest BCUT2D eigenvalue weighted by atomic mass is 9.40. The molecule has 0 unspecified atom stereocenters. The summed E-state index contributed by atoms with van der Waals surface area (Å²) in [5, 5.41) is 37.3. The standard InChI is InChI=1S/C10H6F10O4/c11-1-3(21)7(13,14)5(23)2(12)6(24,8(3,15)16)10(19,20)4(1,22)9(5,17)18/h1-2,21-24H. The predicted octanol–water partition coefficient (Wildman–Crippen LogP) is 0.169. The summed E-state index contributed by atoms with van der Waals surface area (Å²) in [4.78, 5) is 0. The Hall–Kier alpha value is -0.860. The van der Waals surface area contributed by atoms with Crippen molar-refractivity contribution in [2.24, 2.45) is 0 Å². The summed E-state index contributed by atoms with van der Waals surface area (Å²) in [5.74, 6) is -25.9. The van der Waals surface area contributed by atoms with Crippen LogP contribution in [-0.2, 0) is 0 Å². The first-order valence-corrected chi connectivity index (χ1v) is 6.00. The Morgan fingerprint density at radius 2 is 0.542 bits per heavy atom. The molecule has 14 heteroatoms. The highest BCUT2D eigenvalue weighted by atomic mass is 19.3. The van der Waals surface area contributed by atoms with Crippen LogP contribution in [0.4, 0.5) is 43.9 Å². The fraction of sp³-hybridized carbons (Fsp3) is 1.00. The lowest BCUT2D eigenvalue weighted by molar-refractivity contribution is -0.584. The summed E-state index contributed by atoms with van der Waals surface area (Å²) in [6, 6.07) is 0. The molecule has 0 aromatic carbocycles. The molecule has 4 N–H and O–H groups in total. The van der Waals surface area contributed by atoms with Gasteiger partial charge in [0.15, 0.2) is 12.3 Å². The van der Waals surface area contributed by atoms with E-state index in [1.807, 2.05) is 0 Å². The summed E-state index contributed by atoms with van der Waals surface area (Å²) in [5.41, 5.74) is -23.8. The van der Waals surface area contributed by atoms with Gasteiger partial charge in [0, 0.05) is 0 Å². The van der Waals surface area contributed by atoms with Gasteiger partial charge in [0.05, 0.1) is 0 Å². The second-order valence-corrected chi connectivity index (χ2v) is 6.09. The number of hydrogen-bond donors (Lipinski definition) is 4. The van der Waals surface area contributed by atoms with Crippen LogP contribution in [0.2, 0.25) is 0 Å². The normalized spacial score (nSPS) is 58.8. The van der Waals surface area contributed by atoms with Crippen molar-refractivity contribution in [3.05, 3.63) is 0 Å². The SMILES string of the molecule is OC12C(F)C3(O)C(F)(F)C(O)(C(F)C(O)(C1(F)F)C3(F)F)C2(F)F. The van der Waals surface area contributed by atoms with Crippen LogP contribution in [0, 0.1) is 0 Å². The number of alkyl halides is 10. The third-order valence-electron chi connectivity index (χ3n) is 5.30. The fourth-order valence-electron chi connectivity index (χ4n) is 3.83. The second kappa shape index (κ2) is 3.50. The molecule has 4 nitrogen and oxygen atoms in total. The first-order valence-electron chi connectivity index (χ1n) is 6.00. The molecule has 0 aliphatic heterocycles. The molecule has 0 amide bonds. The van der Waals surface area contributed by atoms with Crippen LogP contribution in [0.3, 0.4) is 0 Å². The molecule has 0 radical (unpaired) electrons. The third kappa shape index (κ3) is 0.947. The maximum atomic E-state index is 14.0. The van der Waals surface area contributed by atoms with Crippen LogP contribution < -0.4 is 0 Å². The minimum Gasteiger partial charge on any atom is -0.376 e. The van der Waals surface area contributed by atoms with Gasteiger partial charge in [0.25, 0.3) is 0 Å². The maximum Gasteiger partial charge on any atom is 0.322 e. The molecule has 4 saturated carbocycles. The highest BCUT2D eigenvalue weighted by Gasteiger charge is 3.12. The van der Waals surface area contributed by atoms with E-state index >= 15 is 0 Å². The van der Waals surface area contributed by atoms with E-state index in [4.69, 9.17) is 0 Å². The van der Waals surface area contributed by atoms with Gasteiger partial charge in [0.2, 0.25) is 22.4 Å². The van der Waals surface area contributed by atoms with Crippen molar-refractivity contribution >= 4 is 0 Å². The van der Waals surface area contributed by atoms with E-state index in [1.165, 1.54) is 0 Å². The highest BCUT2D eigenvalue weighted by Crippen LogP contribution is 2.79. The Morgan fingerprint density at radius 1 is 0.417 bits per heavy atom. The molecule has 0 aromatic heterocycles. The van der Waals surface area contributed by atoms with E-state index in [0.717, 1.165) is 0 Å². The van der Waals surface area contributed by atoms with Crippen LogP contribution in [0.25, 0.3) is 0 Å². The average molecular weight is 380 g/mol. The van der Waals surface area contributed by atoms with Crippen molar-refractivity contribution in [1.29, 1.82) is 0 Å². The van der Waals surface area contributed by atoms with Crippen molar-refractivity contribution in [3.63, 3.8) is 0 Å². The van der Waals surface area contributed by atoms with Crippen LogP contribution in [0.1, 0.15) is 0 Å². The van der Waals surface area contributed by atoms with E-state index in [9.17, 15) is 64.3 Å². The van der Waals surface area contributed by atoms with Crippen molar-refractivity contribution < 1.29 is 64.3 Å². The molecule has 4 bridgehead atoms. The molecule has 24 heavy (non-hydrogen) atoms. The van der Waals surface area contributed by atoms with Gasteiger partial charge in [-0.3, -0.25) is 0 Å². The van der Waals surface area contributed by atoms with Crippen molar-refractivity contribution in [2.75, 3.05) is 0 Å². The Balaban J connectivity index is 2.58. The molecule has 4 aliphatic carbocycles. The lowest BCUT2D eigenvalue weighted by Gasteiger charge is -2.74. The molecule has 0 heterocycles. The molecule has 140 valence electrons. The number of aliphatic hydroxyl groups is 4. The Kier molecular flexibility index (Phi) is 2.62. The van der Waals surface area contributed by atoms with Gasteiger partial charge < -0.3 is 20.4 Å². The summed E-state index contributed by atoms with van der Waals surface area (Å²) in [7, 11) is 0. The Bertz CT molecular complexity index is 503. The summed E-state index contributed by atoms with van der Waals surface area (Å²) in [6.45, 7) is 0. The van der Waals surface area contributed by atoms with E-state index in [-0.39, 0.29) is 0 Å². The fourth-order valence-corrected chi connectivity index (χ4v) is 3.83. The molecular weight excluding hydrogens is 374 g/mol. The summed E-state index contributed by atoms with van der Waals surface area (Å²) in [6.07, 6.45) is -10.3. The van der Waals surface area contributed by atoms with Gasteiger partial charge in [-0.05, 0) is 0 Å².